The van der Waals surface area contributed by atoms with Crippen molar-refractivity contribution in [3.05, 3.63) is 48.7 Å². The third kappa shape index (κ3) is 3.82. The van der Waals surface area contributed by atoms with E-state index in [-0.39, 0.29) is 11.7 Å². The van der Waals surface area contributed by atoms with Gasteiger partial charge in [0.1, 0.15) is 17.3 Å². The number of piperazine rings is 1. The van der Waals surface area contributed by atoms with Crippen LogP contribution >= 0.6 is 0 Å². The summed E-state index contributed by atoms with van der Waals surface area (Å²) in [4.78, 5) is 25.4. The first-order valence-electron chi connectivity index (χ1n) is 9.40. The van der Waals surface area contributed by atoms with E-state index in [4.69, 9.17) is 0 Å². The summed E-state index contributed by atoms with van der Waals surface area (Å²) in [6.07, 6.45) is 5.59. The number of halogens is 1. The zero-order valence-electron chi connectivity index (χ0n) is 15.8. The second-order valence-electron chi connectivity index (χ2n) is 6.98. The Morgan fingerprint density at radius 2 is 1.93 bits per heavy atom. The van der Waals surface area contributed by atoms with Crippen LogP contribution in [0.4, 0.5) is 10.2 Å². The minimum Gasteiger partial charge on any atom is -0.369 e. The molecule has 1 aliphatic heterocycles. The molecule has 2 aromatic heterocycles. The van der Waals surface area contributed by atoms with E-state index in [0.717, 1.165) is 37.6 Å². The lowest BCUT2D eigenvalue weighted by Gasteiger charge is -2.32. The van der Waals surface area contributed by atoms with Gasteiger partial charge in [0.25, 0.3) is 0 Å². The lowest BCUT2D eigenvalue weighted by atomic mass is 10.1. The molecular formula is C20H23FN6O. The monoisotopic (exact) mass is 382 g/mol. The smallest absolute Gasteiger partial charge is 0.224 e. The SMILES string of the molecule is CN1CCN(C(=O)CCNc2c(-c3ccc(F)cc3)nc3cnccn23)CC1. The molecule has 146 valence electrons. The van der Waals surface area contributed by atoms with E-state index in [1.165, 1.54) is 12.1 Å². The third-order valence-electron chi connectivity index (χ3n) is 5.04. The van der Waals surface area contributed by atoms with Gasteiger partial charge in [-0.05, 0) is 31.3 Å². The second-order valence-corrected chi connectivity index (χ2v) is 6.98. The normalized spacial score (nSPS) is 15.1. The number of rotatable bonds is 5. The molecule has 7 nitrogen and oxygen atoms in total. The Morgan fingerprint density at radius 3 is 2.68 bits per heavy atom. The highest BCUT2D eigenvalue weighted by atomic mass is 19.1. The van der Waals surface area contributed by atoms with Crippen LogP contribution in [0.5, 0.6) is 0 Å². The summed E-state index contributed by atoms with van der Waals surface area (Å²) < 4.78 is 15.2. The topological polar surface area (TPSA) is 65.8 Å². The minimum atomic E-state index is -0.290. The number of likely N-dealkylation sites (N-methyl/N-ethyl adjacent to an activating group) is 1. The number of hydrogen-bond acceptors (Lipinski definition) is 5. The van der Waals surface area contributed by atoms with Gasteiger partial charge in [-0.2, -0.15) is 0 Å². The number of aromatic nitrogens is 3. The van der Waals surface area contributed by atoms with Crippen molar-refractivity contribution < 1.29 is 9.18 Å². The van der Waals surface area contributed by atoms with E-state index in [2.05, 4.69) is 27.2 Å². The zero-order valence-corrected chi connectivity index (χ0v) is 15.8. The number of carbonyl (C=O) groups is 1. The summed E-state index contributed by atoms with van der Waals surface area (Å²) in [6, 6.07) is 6.23. The van der Waals surface area contributed by atoms with Crippen LogP contribution in [-0.2, 0) is 4.79 Å². The molecule has 0 radical (unpaired) electrons. The number of nitrogens with zero attached hydrogens (tertiary/aromatic N) is 5. The molecule has 3 aromatic rings. The highest BCUT2D eigenvalue weighted by Gasteiger charge is 2.19. The summed E-state index contributed by atoms with van der Waals surface area (Å²) in [5.41, 5.74) is 2.20. The van der Waals surface area contributed by atoms with E-state index in [0.29, 0.717) is 24.3 Å². The molecule has 0 spiro atoms. The van der Waals surface area contributed by atoms with Crippen molar-refractivity contribution >= 4 is 17.4 Å². The molecular weight excluding hydrogens is 359 g/mol. The van der Waals surface area contributed by atoms with Crippen LogP contribution in [0.1, 0.15) is 6.42 Å². The lowest BCUT2D eigenvalue weighted by molar-refractivity contribution is -0.132. The predicted molar refractivity (Wildman–Crippen MR) is 106 cm³/mol. The first kappa shape index (κ1) is 18.4. The molecule has 1 aromatic carbocycles. The fraction of sp³-hybridized carbons (Fsp3) is 0.350. The van der Waals surface area contributed by atoms with Gasteiger partial charge in [0, 0.05) is 57.1 Å². The fourth-order valence-corrected chi connectivity index (χ4v) is 3.39. The van der Waals surface area contributed by atoms with Crippen molar-refractivity contribution in [3.8, 4) is 11.3 Å². The Morgan fingerprint density at radius 1 is 1.18 bits per heavy atom. The Labute approximate surface area is 162 Å². The predicted octanol–water partition coefficient (Wildman–Crippen LogP) is 2.11. The summed E-state index contributed by atoms with van der Waals surface area (Å²) in [6.45, 7) is 3.87. The summed E-state index contributed by atoms with van der Waals surface area (Å²) in [5, 5.41) is 3.35. The number of carbonyl (C=O) groups excluding carboxylic acids is 1. The standard InChI is InChI=1S/C20H23FN6O/c1-25-10-12-26(13-11-25)18(28)6-7-23-20-19(15-2-4-16(21)5-3-15)24-17-14-22-8-9-27(17)20/h2-5,8-9,14,23H,6-7,10-13H2,1H3. The number of imidazole rings is 1. The largest absolute Gasteiger partial charge is 0.369 e. The Hall–Kier alpha value is -3.00. The van der Waals surface area contributed by atoms with Gasteiger partial charge in [0.15, 0.2) is 5.65 Å². The van der Waals surface area contributed by atoms with Crippen molar-refractivity contribution in [2.45, 2.75) is 6.42 Å². The maximum Gasteiger partial charge on any atom is 0.224 e. The summed E-state index contributed by atoms with van der Waals surface area (Å²) in [5.74, 6) is 0.635. The minimum absolute atomic E-state index is 0.152. The van der Waals surface area contributed by atoms with Crippen LogP contribution in [-0.4, -0.2) is 69.8 Å². The molecule has 3 heterocycles. The van der Waals surface area contributed by atoms with Gasteiger partial charge in [0.2, 0.25) is 5.91 Å². The molecule has 4 rings (SSSR count). The third-order valence-corrected chi connectivity index (χ3v) is 5.04. The van der Waals surface area contributed by atoms with Crippen molar-refractivity contribution in [3.63, 3.8) is 0 Å². The van der Waals surface area contributed by atoms with E-state index < -0.39 is 0 Å². The van der Waals surface area contributed by atoms with E-state index >= 15 is 0 Å². The molecule has 1 amide bonds. The highest BCUT2D eigenvalue weighted by Crippen LogP contribution is 2.28. The van der Waals surface area contributed by atoms with Crippen molar-refractivity contribution in [1.29, 1.82) is 0 Å². The molecule has 8 heteroatoms. The van der Waals surface area contributed by atoms with Gasteiger partial charge in [-0.25, -0.2) is 9.37 Å². The maximum absolute atomic E-state index is 13.3. The number of benzene rings is 1. The molecule has 28 heavy (non-hydrogen) atoms. The average molecular weight is 382 g/mol. The number of nitrogens with one attached hydrogen (secondary N) is 1. The fourth-order valence-electron chi connectivity index (χ4n) is 3.39. The van der Waals surface area contributed by atoms with Crippen molar-refractivity contribution in [2.75, 3.05) is 45.1 Å². The first-order valence-corrected chi connectivity index (χ1v) is 9.40. The lowest BCUT2D eigenvalue weighted by Crippen LogP contribution is -2.47. The number of amides is 1. The van der Waals surface area contributed by atoms with Crippen LogP contribution in [0.3, 0.4) is 0 Å². The number of anilines is 1. The maximum atomic E-state index is 13.3. The number of hydrogen-bond donors (Lipinski definition) is 1. The van der Waals surface area contributed by atoms with E-state index in [1.54, 1.807) is 24.5 Å². The van der Waals surface area contributed by atoms with Crippen LogP contribution in [0.2, 0.25) is 0 Å². The van der Waals surface area contributed by atoms with Crippen molar-refractivity contribution in [1.82, 2.24) is 24.2 Å². The molecule has 1 fully saturated rings. The second kappa shape index (κ2) is 7.93. The molecule has 0 bridgehead atoms. The average Bonchev–Trinajstić information content (AvgIpc) is 3.08. The van der Waals surface area contributed by atoms with Crippen LogP contribution in [0.25, 0.3) is 16.9 Å². The van der Waals surface area contributed by atoms with Crippen LogP contribution in [0, 0.1) is 5.82 Å². The molecule has 0 unspecified atom stereocenters. The zero-order chi connectivity index (χ0) is 19.5. The molecule has 0 aliphatic carbocycles. The van der Waals surface area contributed by atoms with Gasteiger partial charge >= 0.3 is 0 Å². The molecule has 1 N–H and O–H groups in total. The Bertz CT molecular complexity index is 962. The summed E-state index contributed by atoms with van der Waals surface area (Å²) >= 11 is 0. The van der Waals surface area contributed by atoms with Crippen molar-refractivity contribution in [2.24, 2.45) is 0 Å². The quantitative estimate of drug-likeness (QED) is 0.732. The molecule has 1 aliphatic rings. The van der Waals surface area contributed by atoms with Gasteiger partial charge in [0.05, 0.1) is 6.20 Å². The van der Waals surface area contributed by atoms with Gasteiger partial charge < -0.3 is 15.1 Å². The Kier molecular flexibility index (Phi) is 5.21. The molecule has 0 saturated carbocycles. The van der Waals surface area contributed by atoms with Crippen LogP contribution in [0.15, 0.2) is 42.9 Å². The number of fused-ring (bicyclic) bond motifs is 1. The van der Waals surface area contributed by atoms with Gasteiger partial charge in [-0.15, -0.1) is 0 Å². The van der Waals surface area contributed by atoms with E-state index in [9.17, 15) is 9.18 Å². The highest BCUT2D eigenvalue weighted by molar-refractivity contribution is 5.78. The Balaban J connectivity index is 1.50. The van der Waals surface area contributed by atoms with Gasteiger partial charge in [-0.3, -0.25) is 14.2 Å². The van der Waals surface area contributed by atoms with Gasteiger partial charge in [-0.1, -0.05) is 0 Å². The molecule has 1 saturated heterocycles. The first-order chi connectivity index (χ1) is 13.6. The van der Waals surface area contributed by atoms with Crippen LogP contribution < -0.4 is 5.32 Å². The summed E-state index contributed by atoms with van der Waals surface area (Å²) in [7, 11) is 2.07. The van der Waals surface area contributed by atoms with E-state index in [1.807, 2.05) is 15.5 Å². The molecule has 0 atom stereocenters.